The van der Waals surface area contributed by atoms with E-state index in [2.05, 4.69) is 20.8 Å². The van der Waals surface area contributed by atoms with Gasteiger partial charge in [0.1, 0.15) is 11.5 Å². The molecule has 36 heavy (non-hydrogen) atoms. The molecule has 1 amide bonds. The van der Waals surface area contributed by atoms with Crippen molar-refractivity contribution in [2.45, 2.75) is 45.6 Å². The minimum atomic E-state index is -0.665. The van der Waals surface area contributed by atoms with Crippen molar-refractivity contribution in [3.05, 3.63) is 106 Å². The third-order valence-electron chi connectivity index (χ3n) is 6.81. The van der Waals surface area contributed by atoms with E-state index < -0.39 is 17.7 Å². The van der Waals surface area contributed by atoms with Crippen LogP contribution in [0.2, 0.25) is 0 Å². The number of Topliss-reactive ketones (excluding diaryl/α,β-unsaturated/α-hetero) is 1. The molecular formula is C31H33NO4. The van der Waals surface area contributed by atoms with Crippen LogP contribution in [-0.2, 0) is 21.4 Å². The van der Waals surface area contributed by atoms with E-state index in [1.54, 1.807) is 12.0 Å². The van der Waals surface area contributed by atoms with Gasteiger partial charge in [-0.05, 0) is 59.2 Å². The number of amides is 1. The van der Waals surface area contributed by atoms with Crippen molar-refractivity contribution in [3.8, 4) is 5.75 Å². The summed E-state index contributed by atoms with van der Waals surface area (Å²) in [5.74, 6) is -0.616. The van der Waals surface area contributed by atoms with Crippen molar-refractivity contribution in [2.24, 2.45) is 0 Å². The zero-order chi connectivity index (χ0) is 26.0. The number of aliphatic hydroxyl groups is 1. The van der Waals surface area contributed by atoms with Crippen molar-refractivity contribution in [3.63, 3.8) is 0 Å². The zero-order valence-electron chi connectivity index (χ0n) is 21.5. The van der Waals surface area contributed by atoms with E-state index in [-0.39, 0.29) is 16.7 Å². The number of rotatable bonds is 6. The largest absolute Gasteiger partial charge is 0.507 e. The lowest BCUT2D eigenvalue weighted by Gasteiger charge is -2.26. The molecule has 1 aliphatic heterocycles. The van der Waals surface area contributed by atoms with Gasteiger partial charge in [-0.3, -0.25) is 9.59 Å². The van der Waals surface area contributed by atoms with E-state index in [0.29, 0.717) is 18.5 Å². The Morgan fingerprint density at radius 2 is 1.64 bits per heavy atom. The van der Waals surface area contributed by atoms with Gasteiger partial charge in [0, 0.05) is 12.1 Å². The van der Waals surface area contributed by atoms with Gasteiger partial charge in [0.25, 0.3) is 11.7 Å². The fraction of sp³-hybridized carbons (Fsp3) is 0.290. The first-order valence-corrected chi connectivity index (χ1v) is 12.2. The van der Waals surface area contributed by atoms with Crippen molar-refractivity contribution < 1.29 is 19.4 Å². The molecule has 5 nitrogen and oxygen atoms in total. The Bertz CT molecular complexity index is 1300. The minimum Gasteiger partial charge on any atom is -0.507 e. The highest BCUT2D eigenvalue weighted by atomic mass is 16.5. The highest BCUT2D eigenvalue weighted by Gasteiger charge is 2.46. The number of aryl methyl sites for hydroxylation is 1. The molecule has 0 radical (unpaired) electrons. The molecule has 1 aliphatic rings. The van der Waals surface area contributed by atoms with E-state index in [1.165, 1.54) is 0 Å². The van der Waals surface area contributed by atoms with Gasteiger partial charge < -0.3 is 14.7 Å². The summed E-state index contributed by atoms with van der Waals surface area (Å²) in [5.41, 5.74) is 4.28. The predicted molar refractivity (Wildman–Crippen MR) is 142 cm³/mol. The molecule has 1 fully saturated rings. The lowest BCUT2D eigenvalue weighted by atomic mass is 9.84. The first-order valence-electron chi connectivity index (χ1n) is 12.2. The maximum atomic E-state index is 13.4. The summed E-state index contributed by atoms with van der Waals surface area (Å²) in [4.78, 5) is 28.2. The molecule has 1 saturated heterocycles. The molecule has 1 atom stereocenters. The molecule has 1 unspecified atom stereocenters. The molecule has 5 heteroatoms. The van der Waals surface area contributed by atoms with Crippen LogP contribution in [0.4, 0.5) is 0 Å². The third-order valence-corrected chi connectivity index (χ3v) is 6.81. The Morgan fingerprint density at radius 1 is 0.972 bits per heavy atom. The molecule has 0 aliphatic carbocycles. The monoisotopic (exact) mass is 483 g/mol. The second-order valence-corrected chi connectivity index (χ2v) is 10.3. The number of aliphatic hydroxyl groups excluding tert-OH is 1. The van der Waals surface area contributed by atoms with E-state index in [9.17, 15) is 14.7 Å². The number of likely N-dealkylation sites (tertiary alicyclic amines) is 1. The maximum absolute atomic E-state index is 13.4. The Kier molecular flexibility index (Phi) is 7.02. The average molecular weight is 484 g/mol. The van der Waals surface area contributed by atoms with Crippen LogP contribution in [0.5, 0.6) is 5.75 Å². The lowest BCUT2D eigenvalue weighted by Crippen LogP contribution is -2.31. The Morgan fingerprint density at radius 3 is 2.25 bits per heavy atom. The fourth-order valence-corrected chi connectivity index (χ4v) is 4.62. The first kappa shape index (κ1) is 25.2. The summed E-state index contributed by atoms with van der Waals surface area (Å²) in [5, 5.41) is 11.5. The summed E-state index contributed by atoms with van der Waals surface area (Å²) in [6.07, 6.45) is 0.568. The van der Waals surface area contributed by atoms with Crippen LogP contribution < -0.4 is 4.74 Å². The Balaban J connectivity index is 1.78. The molecule has 4 rings (SSSR count). The van der Waals surface area contributed by atoms with Gasteiger partial charge >= 0.3 is 0 Å². The van der Waals surface area contributed by atoms with Crippen molar-refractivity contribution in [2.75, 3.05) is 13.7 Å². The number of hydrogen-bond donors (Lipinski definition) is 1. The van der Waals surface area contributed by atoms with Crippen LogP contribution in [0.15, 0.2) is 78.4 Å². The van der Waals surface area contributed by atoms with E-state index in [0.717, 1.165) is 28.0 Å². The fourth-order valence-electron chi connectivity index (χ4n) is 4.62. The van der Waals surface area contributed by atoms with Crippen LogP contribution in [0.1, 0.15) is 54.6 Å². The maximum Gasteiger partial charge on any atom is 0.295 e. The normalized spacial score (nSPS) is 17.5. The molecule has 0 saturated carbocycles. The van der Waals surface area contributed by atoms with Gasteiger partial charge in [-0.15, -0.1) is 0 Å². The Labute approximate surface area is 213 Å². The molecule has 1 N–H and O–H groups in total. The van der Waals surface area contributed by atoms with Crippen LogP contribution >= 0.6 is 0 Å². The highest BCUT2D eigenvalue weighted by molar-refractivity contribution is 6.46. The molecule has 1 heterocycles. The topological polar surface area (TPSA) is 66.8 Å². The summed E-state index contributed by atoms with van der Waals surface area (Å²) < 4.78 is 5.23. The molecule has 186 valence electrons. The molecule has 0 aromatic heterocycles. The van der Waals surface area contributed by atoms with Crippen LogP contribution in [0, 0.1) is 6.92 Å². The van der Waals surface area contributed by atoms with E-state index in [4.69, 9.17) is 4.74 Å². The SMILES string of the molecule is COc1ccc(CCN2C(=O)C(=O)/C(=C(/O)c3cc(C(C)(C)C)ccc3C)C2c2ccccc2)cc1. The van der Waals surface area contributed by atoms with Gasteiger partial charge in [-0.25, -0.2) is 0 Å². The summed E-state index contributed by atoms with van der Waals surface area (Å²) in [6.45, 7) is 8.55. The first-order chi connectivity index (χ1) is 17.1. The molecular weight excluding hydrogens is 450 g/mol. The van der Waals surface area contributed by atoms with Crippen LogP contribution in [0.3, 0.4) is 0 Å². The summed E-state index contributed by atoms with van der Waals surface area (Å²) in [7, 11) is 1.62. The number of ketones is 1. The number of benzene rings is 3. The summed E-state index contributed by atoms with van der Waals surface area (Å²) >= 11 is 0. The Hall–Kier alpha value is -3.86. The van der Waals surface area contributed by atoms with Crippen LogP contribution in [0.25, 0.3) is 5.76 Å². The number of carbonyl (C=O) groups is 2. The van der Waals surface area contributed by atoms with Gasteiger partial charge in [0.2, 0.25) is 0 Å². The number of hydrogen-bond acceptors (Lipinski definition) is 4. The van der Waals surface area contributed by atoms with E-state index >= 15 is 0 Å². The van der Waals surface area contributed by atoms with Gasteiger partial charge in [0.15, 0.2) is 0 Å². The van der Waals surface area contributed by atoms with Crippen LogP contribution in [-0.4, -0.2) is 35.4 Å². The standard InChI is InChI=1S/C31H33NO4/c1-20-11-14-23(31(2,3)4)19-25(20)28(33)26-27(22-9-7-6-8-10-22)32(30(35)29(26)34)18-17-21-12-15-24(36-5)16-13-21/h6-16,19,27,33H,17-18H2,1-5H3/b28-26+. The second-order valence-electron chi connectivity index (χ2n) is 10.3. The number of ether oxygens (including phenoxy) is 1. The lowest BCUT2D eigenvalue weighted by molar-refractivity contribution is -0.139. The number of nitrogens with zero attached hydrogens (tertiary/aromatic N) is 1. The number of carbonyl (C=O) groups excluding carboxylic acids is 2. The van der Waals surface area contributed by atoms with Gasteiger partial charge in [-0.1, -0.05) is 75.4 Å². The third kappa shape index (κ3) is 4.92. The zero-order valence-corrected chi connectivity index (χ0v) is 21.5. The van der Waals surface area contributed by atoms with E-state index in [1.807, 2.05) is 79.7 Å². The smallest absolute Gasteiger partial charge is 0.295 e. The van der Waals surface area contributed by atoms with Crippen molar-refractivity contribution >= 4 is 17.4 Å². The molecule has 0 spiro atoms. The molecule has 3 aromatic rings. The van der Waals surface area contributed by atoms with Crippen molar-refractivity contribution in [1.82, 2.24) is 4.90 Å². The minimum absolute atomic E-state index is 0.127. The van der Waals surface area contributed by atoms with Gasteiger partial charge in [0.05, 0.1) is 18.7 Å². The predicted octanol–water partition coefficient (Wildman–Crippen LogP) is 5.97. The molecule has 0 bridgehead atoms. The highest BCUT2D eigenvalue weighted by Crippen LogP contribution is 2.40. The molecule has 3 aromatic carbocycles. The quantitative estimate of drug-likeness (QED) is 0.267. The average Bonchev–Trinajstić information content (AvgIpc) is 3.12. The second kappa shape index (κ2) is 10.0. The van der Waals surface area contributed by atoms with Crippen molar-refractivity contribution in [1.29, 1.82) is 0 Å². The van der Waals surface area contributed by atoms with Gasteiger partial charge in [-0.2, -0.15) is 0 Å². The summed E-state index contributed by atoms with van der Waals surface area (Å²) in [6, 6.07) is 22.3. The number of methoxy groups -OCH3 is 1.